The van der Waals surface area contributed by atoms with Gasteiger partial charge in [0, 0.05) is 35.8 Å². The fourth-order valence-electron chi connectivity index (χ4n) is 2.19. The van der Waals surface area contributed by atoms with E-state index in [2.05, 4.69) is 29.7 Å². The fourth-order valence-corrected chi connectivity index (χ4v) is 2.19. The third kappa shape index (κ3) is 2.35. The van der Waals surface area contributed by atoms with Gasteiger partial charge in [-0.1, -0.05) is 12.1 Å². The standard InChI is InChI=1S/C14H19NO2/c1-10-4-5-12-13(11(2)17)9-15(6-3-7-16)14(12)8-10/h4-5,8-9,11,16-17H,3,6-7H2,1-2H3. The summed E-state index contributed by atoms with van der Waals surface area (Å²) in [7, 11) is 0. The van der Waals surface area contributed by atoms with Crippen molar-refractivity contribution in [3.05, 3.63) is 35.5 Å². The quantitative estimate of drug-likeness (QED) is 0.851. The number of rotatable bonds is 4. The van der Waals surface area contributed by atoms with Gasteiger partial charge in [-0.05, 0) is 31.9 Å². The first-order valence-electron chi connectivity index (χ1n) is 6.02. The molecule has 1 aromatic carbocycles. The third-order valence-electron chi connectivity index (χ3n) is 3.08. The van der Waals surface area contributed by atoms with Crippen LogP contribution in [-0.2, 0) is 6.54 Å². The normalized spacial score (nSPS) is 13.2. The SMILES string of the molecule is Cc1ccc2c(C(C)O)cn(CCCO)c2c1. The molecule has 0 aliphatic rings. The van der Waals surface area contributed by atoms with E-state index in [1.54, 1.807) is 6.92 Å². The van der Waals surface area contributed by atoms with Crippen LogP contribution in [0.1, 0.15) is 30.6 Å². The lowest BCUT2D eigenvalue weighted by Crippen LogP contribution is -1.98. The third-order valence-corrected chi connectivity index (χ3v) is 3.08. The number of nitrogens with zero attached hydrogens (tertiary/aromatic N) is 1. The van der Waals surface area contributed by atoms with Crippen molar-refractivity contribution in [2.45, 2.75) is 32.9 Å². The lowest BCUT2D eigenvalue weighted by Gasteiger charge is -2.03. The first kappa shape index (κ1) is 12.1. The molecule has 0 amide bonds. The summed E-state index contributed by atoms with van der Waals surface area (Å²) < 4.78 is 2.11. The summed E-state index contributed by atoms with van der Waals surface area (Å²) in [5.41, 5.74) is 3.30. The summed E-state index contributed by atoms with van der Waals surface area (Å²) >= 11 is 0. The van der Waals surface area contributed by atoms with Crippen LogP contribution in [0.3, 0.4) is 0 Å². The Kier molecular flexibility index (Phi) is 3.50. The smallest absolute Gasteiger partial charge is 0.0782 e. The number of fused-ring (bicyclic) bond motifs is 1. The molecule has 0 radical (unpaired) electrons. The Balaban J connectivity index is 2.54. The molecule has 1 atom stereocenters. The number of hydrogen-bond donors (Lipinski definition) is 2. The number of aliphatic hydroxyl groups is 2. The maximum Gasteiger partial charge on any atom is 0.0782 e. The van der Waals surface area contributed by atoms with E-state index in [1.165, 1.54) is 5.56 Å². The second kappa shape index (κ2) is 4.90. The molecule has 17 heavy (non-hydrogen) atoms. The van der Waals surface area contributed by atoms with Gasteiger partial charge >= 0.3 is 0 Å². The van der Waals surface area contributed by atoms with Crippen LogP contribution in [0.15, 0.2) is 24.4 Å². The number of hydrogen-bond acceptors (Lipinski definition) is 2. The second-order valence-corrected chi connectivity index (χ2v) is 4.55. The number of aliphatic hydroxyl groups excluding tert-OH is 2. The van der Waals surface area contributed by atoms with Crippen LogP contribution >= 0.6 is 0 Å². The van der Waals surface area contributed by atoms with Gasteiger partial charge in [0.25, 0.3) is 0 Å². The van der Waals surface area contributed by atoms with Gasteiger partial charge in [-0.25, -0.2) is 0 Å². The van der Waals surface area contributed by atoms with Crippen LogP contribution in [0.2, 0.25) is 0 Å². The Bertz CT molecular complexity index is 514. The summed E-state index contributed by atoms with van der Waals surface area (Å²) in [6.45, 7) is 4.81. The van der Waals surface area contributed by atoms with Crippen molar-refractivity contribution in [3.8, 4) is 0 Å². The van der Waals surface area contributed by atoms with E-state index in [0.717, 1.165) is 29.4 Å². The summed E-state index contributed by atoms with van der Waals surface area (Å²) in [5.74, 6) is 0. The maximum atomic E-state index is 9.77. The van der Waals surface area contributed by atoms with Crippen LogP contribution in [0, 0.1) is 6.92 Å². The Morgan fingerprint density at radius 1 is 1.35 bits per heavy atom. The van der Waals surface area contributed by atoms with Crippen LogP contribution < -0.4 is 0 Å². The summed E-state index contributed by atoms with van der Waals surface area (Å²) in [6, 6.07) is 6.24. The van der Waals surface area contributed by atoms with Gasteiger partial charge < -0.3 is 14.8 Å². The minimum absolute atomic E-state index is 0.190. The van der Waals surface area contributed by atoms with Crippen molar-refractivity contribution in [3.63, 3.8) is 0 Å². The van der Waals surface area contributed by atoms with Crippen molar-refractivity contribution in [1.29, 1.82) is 0 Å². The number of aromatic nitrogens is 1. The number of aryl methyl sites for hydroxylation is 2. The predicted octanol–water partition coefficient (Wildman–Crippen LogP) is 2.39. The molecule has 0 aliphatic carbocycles. The van der Waals surface area contributed by atoms with Gasteiger partial charge in [-0.3, -0.25) is 0 Å². The first-order valence-corrected chi connectivity index (χ1v) is 6.02. The Morgan fingerprint density at radius 2 is 2.12 bits per heavy atom. The van der Waals surface area contributed by atoms with Gasteiger partial charge in [-0.2, -0.15) is 0 Å². The average Bonchev–Trinajstić information content (AvgIpc) is 2.64. The van der Waals surface area contributed by atoms with E-state index in [-0.39, 0.29) is 6.61 Å². The zero-order chi connectivity index (χ0) is 12.4. The molecular formula is C14H19NO2. The van der Waals surface area contributed by atoms with Crippen LogP contribution in [0.25, 0.3) is 10.9 Å². The highest BCUT2D eigenvalue weighted by Gasteiger charge is 2.11. The van der Waals surface area contributed by atoms with E-state index in [1.807, 2.05) is 6.20 Å². The van der Waals surface area contributed by atoms with E-state index in [4.69, 9.17) is 5.11 Å². The van der Waals surface area contributed by atoms with Crippen molar-refractivity contribution in [2.75, 3.05) is 6.61 Å². The number of benzene rings is 1. The van der Waals surface area contributed by atoms with Gasteiger partial charge in [0.05, 0.1) is 6.10 Å². The Morgan fingerprint density at radius 3 is 2.76 bits per heavy atom. The second-order valence-electron chi connectivity index (χ2n) is 4.55. The minimum Gasteiger partial charge on any atom is -0.396 e. The summed E-state index contributed by atoms with van der Waals surface area (Å²) in [6.07, 6.45) is 2.26. The molecule has 0 bridgehead atoms. The highest BCUT2D eigenvalue weighted by atomic mass is 16.3. The van der Waals surface area contributed by atoms with Crippen LogP contribution in [-0.4, -0.2) is 21.4 Å². The van der Waals surface area contributed by atoms with Crippen molar-refractivity contribution < 1.29 is 10.2 Å². The molecule has 92 valence electrons. The zero-order valence-corrected chi connectivity index (χ0v) is 10.3. The van der Waals surface area contributed by atoms with E-state index in [9.17, 15) is 5.11 Å². The summed E-state index contributed by atoms with van der Waals surface area (Å²) in [5, 5.41) is 19.8. The topological polar surface area (TPSA) is 45.4 Å². The monoisotopic (exact) mass is 233 g/mol. The van der Waals surface area contributed by atoms with Gasteiger partial charge in [0.15, 0.2) is 0 Å². The molecule has 3 nitrogen and oxygen atoms in total. The molecule has 1 aromatic heterocycles. The van der Waals surface area contributed by atoms with E-state index in [0.29, 0.717) is 0 Å². The molecule has 0 spiro atoms. The maximum absolute atomic E-state index is 9.77. The largest absolute Gasteiger partial charge is 0.396 e. The van der Waals surface area contributed by atoms with Gasteiger partial charge in [-0.15, -0.1) is 0 Å². The first-order chi connectivity index (χ1) is 8.13. The Hall–Kier alpha value is -1.32. The highest BCUT2D eigenvalue weighted by molar-refractivity contribution is 5.85. The zero-order valence-electron chi connectivity index (χ0n) is 10.3. The molecule has 2 rings (SSSR count). The van der Waals surface area contributed by atoms with Crippen LogP contribution in [0.4, 0.5) is 0 Å². The molecule has 2 aromatic rings. The predicted molar refractivity (Wildman–Crippen MR) is 69.0 cm³/mol. The molecule has 3 heteroatoms. The fraction of sp³-hybridized carbons (Fsp3) is 0.429. The summed E-state index contributed by atoms with van der Waals surface area (Å²) in [4.78, 5) is 0. The van der Waals surface area contributed by atoms with E-state index >= 15 is 0 Å². The van der Waals surface area contributed by atoms with Crippen molar-refractivity contribution in [1.82, 2.24) is 4.57 Å². The molecule has 0 saturated carbocycles. The van der Waals surface area contributed by atoms with Crippen molar-refractivity contribution >= 4 is 10.9 Å². The molecule has 0 fully saturated rings. The minimum atomic E-state index is -0.462. The van der Waals surface area contributed by atoms with Gasteiger partial charge in [0.2, 0.25) is 0 Å². The van der Waals surface area contributed by atoms with Gasteiger partial charge in [0.1, 0.15) is 0 Å². The Labute approximate surface area is 101 Å². The molecule has 0 aliphatic heterocycles. The molecule has 1 unspecified atom stereocenters. The average molecular weight is 233 g/mol. The van der Waals surface area contributed by atoms with E-state index < -0.39 is 6.10 Å². The molecular weight excluding hydrogens is 214 g/mol. The lowest BCUT2D eigenvalue weighted by molar-refractivity contribution is 0.200. The molecule has 0 saturated heterocycles. The molecule has 2 N–H and O–H groups in total. The lowest BCUT2D eigenvalue weighted by atomic mass is 10.1. The van der Waals surface area contributed by atoms with Crippen LogP contribution in [0.5, 0.6) is 0 Å². The highest BCUT2D eigenvalue weighted by Crippen LogP contribution is 2.27. The molecule has 1 heterocycles. The van der Waals surface area contributed by atoms with Crippen molar-refractivity contribution in [2.24, 2.45) is 0 Å².